The van der Waals surface area contributed by atoms with Crippen LogP contribution in [0, 0.1) is 13.8 Å². The Morgan fingerprint density at radius 1 is 1.50 bits per heavy atom. The highest BCUT2D eigenvalue weighted by molar-refractivity contribution is 6.03. The van der Waals surface area contributed by atoms with Crippen molar-refractivity contribution in [1.29, 1.82) is 0 Å². The van der Waals surface area contributed by atoms with E-state index in [1.54, 1.807) is 19.3 Å². The molecule has 0 spiro atoms. The van der Waals surface area contributed by atoms with Crippen molar-refractivity contribution in [3.63, 3.8) is 0 Å². The normalized spacial score (nSPS) is 10.4. The third-order valence-corrected chi connectivity index (χ3v) is 2.42. The van der Waals surface area contributed by atoms with Gasteiger partial charge in [0.1, 0.15) is 5.69 Å². The minimum absolute atomic E-state index is 0.187. The topological polar surface area (TPSA) is 75.6 Å². The summed E-state index contributed by atoms with van der Waals surface area (Å²) in [5, 5.41) is 13.6. The van der Waals surface area contributed by atoms with Gasteiger partial charge < -0.3 is 5.32 Å². The molecule has 2 aromatic heterocycles. The minimum atomic E-state index is -0.187. The number of aromatic nitrogens is 4. The van der Waals surface area contributed by atoms with Gasteiger partial charge in [0, 0.05) is 13.2 Å². The fourth-order valence-corrected chi connectivity index (χ4v) is 1.51. The van der Waals surface area contributed by atoms with Crippen molar-refractivity contribution < 1.29 is 4.79 Å². The van der Waals surface area contributed by atoms with Gasteiger partial charge in [-0.15, -0.1) is 0 Å². The second-order valence-corrected chi connectivity index (χ2v) is 3.60. The summed E-state index contributed by atoms with van der Waals surface area (Å²) in [4.78, 5) is 11.9. The third-order valence-electron chi connectivity index (χ3n) is 2.42. The standard InChI is InChI=1S/C10H13N5O/c1-6-9(7(2)14-13-6)12-10(16)8-4-5-11-15(8)3/h4-5H,1-3H3,(H,12,16)(H,13,14). The van der Waals surface area contributed by atoms with E-state index in [1.165, 1.54) is 4.68 Å². The minimum Gasteiger partial charge on any atom is -0.318 e. The number of nitrogens with one attached hydrogen (secondary N) is 2. The quantitative estimate of drug-likeness (QED) is 0.791. The van der Waals surface area contributed by atoms with E-state index in [1.807, 2.05) is 13.8 Å². The number of carbonyl (C=O) groups excluding carboxylic acids is 1. The summed E-state index contributed by atoms with van der Waals surface area (Å²) in [5.74, 6) is -0.187. The molecule has 0 saturated carbocycles. The molecule has 0 aromatic carbocycles. The summed E-state index contributed by atoms with van der Waals surface area (Å²) in [7, 11) is 1.73. The van der Waals surface area contributed by atoms with Gasteiger partial charge in [-0.25, -0.2) is 0 Å². The zero-order chi connectivity index (χ0) is 11.7. The average molecular weight is 219 g/mol. The Hall–Kier alpha value is -2.11. The first kappa shape index (κ1) is 10.4. The van der Waals surface area contributed by atoms with Gasteiger partial charge in [-0.2, -0.15) is 10.2 Å². The molecule has 2 N–H and O–H groups in total. The van der Waals surface area contributed by atoms with Crippen LogP contribution in [0.5, 0.6) is 0 Å². The third kappa shape index (κ3) is 1.69. The van der Waals surface area contributed by atoms with Gasteiger partial charge in [0.15, 0.2) is 0 Å². The summed E-state index contributed by atoms with van der Waals surface area (Å²) in [6, 6.07) is 1.67. The van der Waals surface area contributed by atoms with Crippen molar-refractivity contribution in [2.24, 2.45) is 7.05 Å². The molecule has 0 fully saturated rings. The molecule has 0 bridgehead atoms. The number of hydrogen-bond donors (Lipinski definition) is 2. The summed E-state index contributed by atoms with van der Waals surface area (Å²) in [6.07, 6.45) is 1.59. The number of aromatic amines is 1. The van der Waals surface area contributed by atoms with E-state index in [9.17, 15) is 4.79 Å². The second kappa shape index (κ2) is 3.80. The molecule has 2 rings (SSSR count). The Kier molecular flexibility index (Phi) is 2.47. The highest BCUT2D eigenvalue weighted by atomic mass is 16.2. The van der Waals surface area contributed by atoms with Crippen LogP contribution in [-0.2, 0) is 7.05 Å². The molecule has 6 nitrogen and oxygen atoms in total. The highest BCUT2D eigenvalue weighted by Crippen LogP contribution is 2.16. The van der Waals surface area contributed by atoms with Crippen LogP contribution < -0.4 is 5.32 Å². The molecule has 1 amide bonds. The Morgan fingerprint density at radius 2 is 2.25 bits per heavy atom. The van der Waals surface area contributed by atoms with Gasteiger partial charge in [0.25, 0.3) is 5.91 Å². The molecule has 0 atom stereocenters. The fraction of sp³-hybridized carbons (Fsp3) is 0.300. The molecule has 0 unspecified atom stereocenters. The van der Waals surface area contributed by atoms with E-state index >= 15 is 0 Å². The summed E-state index contributed by atoms with van der Waals surface area (Å²) < 4.78 is 1.53. The van der Waals surface area contributed by atoms with Gasteiger partial charge in [0.05, 0.1) is 17.1 Å². The lowest BCUT2D eigenvalue weighted by Gasteiger charge is -2.04. The monoisotopic (exact) mass is 219 g/mol. The van der Waals surface area contributed by atoms with Crippen LogP contribution in [0.25, 0.3) is 0 Å². The van der Waals surface area contributed by atoms with Crippen molar-refractivity contribution >= 4 is 11.6 Å². The van der Waals surface area contributed by atoms with E-state index < -0.39 is 0 Å². The predicted octanol–water partition coefficient (Wildman–Crippen LogP) is 1.01. The number of amides is 1. The van der Waals surface area contributed by atoms with E-state index in [2.05, 4.69) is 20.6 Å². The van der Waals surface area contributed by atoms with Crippen molar-refractivity contribution in [2.45, 2.75) is 13.8 Å². The van der Waals surface area contributed by atoms with Crippen LogP contribution in [0.3, 0.4) is 0 Å². The van der Waals surface area contributed by atoms with Crippen LogP contribution >= 0.6 is 0 Å². The molecule has 6 heteroatoms. The summed E-state index contributed by atoms with van der Waals surface area (Å²) in [6.45, 7) is 3.70. The smallest absolute Gasteiger partial charge is 0.274 e. The zero-order valence-corrected chi connectivity index (χ0v) is 9.40. The zero-order valence-electron chi connectivity index (χ0n) is 9.40. The molecule has 16 heavy (non-hydrogen) atoms. The van der Waals surface area contributed by atoms with Gasteiger partial charge in [-0.1, -0.05) is 0 Å². The van der Waals surface area contributed by atoms with E-state index in [0.717, 1.165) is 17.1 Å². The number of hydrogen-bond acceptors (Lipinski definition) is 3. The molecule has 0 aliphatic carbocycles. The first-order valence-electron chi connectivity index (χ1n) is 4.90. The molecule has 0 radical (unpaired) electrons. The van der Waals surface area contributed by atoms with Gasteiger partial charge in [-0.05, 0) is 19.9 Å². The van der Waals surface area contributed by atoms with Gasteiger partial charge in [0.2, 0.25) is 0 Å². The maximum atomic E-state index is 11.9. The lowest BCUT2D eigenvalue weighted by molar-refractivity contribution is 0.101. The van der Waals surface area contributed by atoms with Crippen LogP contribution in [0.2, 0.25) is 0 Å². The molecular weight excluding hydrogens is 206 g/mol. The van der Waals surface area contributed by atoms with E-state index in [0.29, 0.717) is 5.69 Å². The van der Waals surface area contributed by atoms with Crippen LogP contribution in [0.4, 0.5) is 5.69 Å². The molecule has 0 aliphatic rings. The summed E-state index contributed by atoms with van der Waals surface area (Å²) >= 11 is 0. The lowest BCUT2D eigenvalue weighted by Crippen LogP contribution is -2.16. The molecule has 2 aromatic rings. The van der Waals surface area contributed by atoms with E-state index in [-0.39, 0.29) is 5.91 Å². The van der Waals surface area contributed by atoms with Crippen molar-refractivity contribution in [3.8, 4) is 0 Å². The number of H-pyrrole nitrogens is 1. The molecule has 0 aliphatic heterocycles. The molecule has 2 heterocycles. The maximum absolute atomic E-state index is 11.9. The highest BCUT2D eigenvalue weighted by Gasteiger charge is 2.14. The van der Waals surface area contributed by atoms with Crippen molar-refractivity contribution in [2.75, 3.05) is 5.32 Å². The van der Waals surface area contributed by atoms with Gasteiger partial charge >= 0.3 is 0 Å². The Labute approximate surface area is 92.7 Å². The van der Waals surface area contributed by atoms with Crippen molar-refractivity contribution in [1.82, 2.24) is 20.0 Å². The number of carbonyl (C=O) groups is 1. The van der Waals surface area contributed by atoms with Gasteiger partial charge in [-0.3, -0.25) is 14.6 Å². The maximum Gasteiger partial charge on any atom is 0.274 e. The lowest BCUT2D eigenvalue weighted by atomic mass is 10.3. The molecule has 0 saturated heterocycles. The number of anilines is 1. The molecule has 84 valence electrons. The number of rotatable bonds is 2. The Bertz CT molecular complexity index is 506. The van der Waals surface area contributed by atoms with Crippen LogP contribution in [0.1, 0.15) is 21.9 Å². The van der Waals surface area contributed by atoms with Crippen molar-refractivity contribution in [3.05, 3.63) is 29.3 Å². The van der Waals surface area contributed by atoms with Crippen LogP contribution in [-0.4, -0.2) is 25.9 Å². The first-order valence-corrected chi connectivity index (χ1v) is 4.90. The SMILES string of the molecule is Cc1n[nH]c(C)c1NC(=O)c1ccnn1C. The molecular formula is C10H13N5O. The van der Waals surface area contributed by atoms with Crippen LogP contribution in [0.15, 0.2) is 12.3 Å². The Balaban J connectivity index is 2.24. The average Bonchev–Trinajstić information content (AvgIpc) is 2.79. The number of aryl methyl sites for hydroxylation is 3. The predicted molar refractivity (Wildman–Crippen MR) is 59.2 cm³/mol. The number of nitrogens with zero attached hydrogens (tertiary/aromatic N) is 3. The first-order chi connectivity index (χ1) is 7.59. The summed E-state index contributed by atoms with van der Waals surface area (Å²) in [5.41, 5.74) is 2.85. The second-order valence-electron chi connectivity index (χ2n) is 3.60. The fourth-order valence-electron chi connectivity index (χ4n) is 1.51. The van der Waals surface area contributed by atoms with E-state index in [4.69, 9.17) is 0 Å². The Morgan fingerprint density at radius 3 is 2.75 bits per heavy atom. The largest absolute Gasteiger partial charge is 0.318 e.